The third kappa shape index (κ3) is 4.70. The summed E-state index contributed by atoms with van der Waals surface area (Å²) in [6.45, 7) is 7.03. The molecule has 0 bridgehead atoms. The average Bonchev–Trinajstić information content (AvgIpc) is 3.13. The van der Waals surface area contributed by atoms with Gasteiger partial charge in [0.05, 0.1) is 0 Å². The van der Waals surface area contributed by atoms with Crippen molar-refractivity contribution >= 4 is 11.8 Å². The minimum absolute atomic E-state index is 0.446. The molecule has 5 heteroatoms. The van der Waals surface area contributed by atoms with Crippen molar-refractivity contribution in [2.45, 2.75) is 62.5 Å². The Bertz CT molecular complexity index is 585. The summed E-state index contributed by atoms with van der Waals surface area (Å²) < 4.78 is 5.37. The molecule has 2 aliphatic heterocycles. The minimum atomic E-state index is -0.703. The Morgan fingerprint density at radius 3 is 2.63 bits per heavy atom. The van der Waals surface area contributed by atoms with Crippen molar-refractivity contribution in [3.63, 3.8) is 0 Å². The zero-order chi connectivity index (χ0) is 18.7. The van der Waals surface area contributed by atoms with Gasteiger partial charge in [0, 0.05) is 36.7 Å². The van der Waals surface area contributed by atoms with E-state index in [1.807, 2.05) is 6.92 Å². The van der Waals surface area contributed by atoms with Crippen LogP contribution < -0.4 is 0 Å². The van der Waals surface area contributed by atoms with Crippen LogP contribution in [0.3, 0.4) is 0 Å². The molecule has 1 atom stereocenters. The molecule has 1 aromatic rings. The number of rotatable bonds is 7. The minimum Gasteiger partial charge on any atom is -0.356 e. The molecule has 4 rings (SSSR count). The second kappa shape index (κ2) is 8.83. The second-order valence-corrected chi connectivity index (χ2v) is 9.88. The zero-order valence-corrected chi connectivity index (χ0v) is 17.4. The lowest BCUT2D eigenvalue weighted by molar-refractivity contribution is -0.188. The average molecular weight is 391 g/mol. The Hall–Kier alpha value is -0.590. The van der Waals surface area contributed by atoms with Crippen LogP contribution in [0.5, 0.6) is 0 Å². The number of thioether (sulfide) groups is 1. The van der Waals surface area contributed by atoms with Gasteiger partial charge < -0.3 is 14.7 Å². The zero-order valence-electron chi connectivity index (χ0n) is 16.6. The van der Waals surface area contributed by atoms with Gasteiger partial charge in [-0.05, 0) is 63.1 Å². The molecule has 1 aliphatic carbocycles. The van der Waals surface area contributed by atoms with Crippen LogP contribution >= 0.6 is 11.8 Å². The second-order valence-electron chi connectivity index (χ2n) is 8.60. The molecule has 1 aromatic carbocycles. The van der Waals surface area contributed by atoms with Gasteiger partial charge in [-0.25, -0.2) is 0 Å². The summed E-state index contributed by atoms with van der Waals surface area (Å²) in [7, 11) is 0. The molecule has 2 saturated heterocycles. The van der Waals surface area contributed by atoms with Crippen LogP contribution in [0.2, 0.25) is 0 Å². The van der Waals surface area contributed by atoms with Crippen molar-refractivity contribution in [2.75, 3.05) is 32.8 Å². The molecule has 1 N–H and O–H groups in total. The van der Waals surface area contributed by atoms with Gasteiger partial charge in [-0.2, -0.15) is 11.8 Å². The first-order valence-electron chi connectivity index (χ1n) is 10.6. The molecule has 4 nitrogen and oxygen atoms in total. The number of hydrogen-bond donors (Lipinski definition) is 1. The smallest absolute Gasteiger partial charge is 0.216 e. The fourth-order valence-corrected chi connectivity index (χ4v) is 6.30. The lowest BCUT2D eigenvalue weighted by Gasteiger charge is -2.52. The van der Waals surface area contributed by atoms with Crippen molar-refractivity contribution in [3.05, 3.63) is 35.9 Å². The summed E-state index contributed by atoms with van der Waals surface area (Å²) in [5.74, 6) is 1.15. The van der Waals surface area contributed by atoms with Gasteiger partial charge in [0.2, 0.25) is 6.41 Å². The van der Waals surface area contributed by atoms with Crippen molar-refractivity contribution in [1.82, 2.24) is 9.80 Å². The Kier molecular flexibility index (Phi) is 6.45. The van der Waals surface area contributed by atoms with Crippen molar-refractivity contribution < 1.29 is 9.84 Å². The first kappa shape index (κ1) is 19.7. The molecule has 0 aromatic heterocycles. The van der Waals surface area contributed by atoms with E-state index in [0.717, 1.165) is 30.1 Å². The van der Waals surface area contributed by atoms with E-state index in [9.17, 15) is 5.11 Å². The molecule has 1 unspecified atom stereocenters. The highest BCUT2D eigenvalue weighted by Gasteiger charge is 2.51. The molecule has 150 valence electrons. The third-order valence-corrected chi connectivity index (χ3v) is 8.20. The number of ether oxygens (including phenoxy) is 1. The lowest BCUT2D eigenvalue weighted by Crippen LogP contribution is -2.54. The highest BCUT2D eigenvalue weighted by molar-refractivity contribution is 7.99. The Balaban J connectivity index is 1.17. The van der Waals surface area contributed by atoms with Gasteiger partial charge in [-0.15, -0.1) is 0 Å². The van der Waals surface area contributed by atoms with Gasteiger partial charge in [-0.3, -0.25) is 4.90 Å². The summed E-state index contributed by atoms with van der Waals surface area (Å²) in [5, 5.41) is 10.9. The third-order valence-electron chi connectivity index (χ3n) is 6.75. The summed E-state index contributed by atoms with van der Waals surface area (Å²) >= 11 is 2.14. The highest BCUT2D eigenvalue weighted by atomic mass is 32.2. The van der Waals surface area contributed by atoms with Crippen LogP contribution in [-0.4, -0.2) is 65.4 Å². The van der Waals surface area contributed by atoms with Crippen molar-refractivity contribution in [3.8, 4) is 0 Å². The maximum absolute atomic E-state index is 10.1. The molecule has 0 amide bonds. The fourth-order valence-electron chi connectivity index (χ4n) is 5.14. The standard InChI is InChI=1S/C22H34N2O2S/c1-2-26-21(25)24-13-10-22(17-24)14-19(15-22)23-11-8-20(9-12-23)27-16-18-6-4-3-5-7-18/h3-7,19-21,25H,2,8-17H2,1H3. The van der Waals surface area contributed by atoms with Crippen molar-refractivity contribution in [2.24, 2.45) is 5.41 Å². The van der Waals surface area contributed by atoms with Crippen LogP contribution in [0, 0.1) is 5.41 Å². The van der Waals surface area contributed by atoms with E-state index in [2.05, 4.69) is 51.9 Å². The van der Waals surface area contributed by atoms with E-state index in [1.165, 1.54) is 50.8 Å². The van der Waals surface area contributed by atoms with E-state index in [-0.39, 0.29) is 0 Å². The summed E-state index contributed by atoms with van der Waals surface area (Å²) in [5.41, 5.74) is 1.90. The Morgan fingerprint density at radius 2 is 1.93 bits per heavy atom. The van der Waals surface area contributed by atoms with E-state index in [0.29, 0.717) is 12.0 Å². The van der Waals surface area contributed by atoms with Crippen LogP contribution in [0.1, 0.15) is 44.6 Å². The number of aliphatic hydroxyl groups is 1. The molecule has 0 radical (unpaired) electrons. The van der Waals surface area contributed by atoms with Gasteiger partial charge in [0.1, 0.15) is 0 Å². The van der Waals surface area contributed by atoms with Crippen LogP contribution in [0.4, 0.5) is 0 Å². The maximum Gasteiger partial charge on any atom is 0.216 e. The van der Waals surface area contributed by atoms with Crippen LogP contribution in [0.25, 0.3) is 0 Å². The van der Waals surface area contributed by atoms with Gasteiger partial charge in [0.15, 0.2) is 0 Å². The molecular formula is C22H34N2O2S. The summed E-state index contributed by atoms with van der Waals surface area (Å²) in [4.78, 5) is 4.86. The van der Waals surface area contributed by atoms with Crippen LogP contribution in [0.15, 0.2) is 30.3 Å². The van der Waals surface area contributed by atoms with E-state index >= 15 is 0 Å². The first-order chi connectivity index (χ1) is 13.2. The van der Waals surface area contributed by atoms with Gasteiger partial charge in [-0.1, -0.05) is 30.3 Å². The predicted molar refractivity (Wildman–Crippen MR) is 112 cm³/mol. The number of nitrogens with zero attached hydrogens (tertiary/aromatic N) is 2. The highest BCUT2D eigenvalue weighted by Crippen LogP contribution is 2.51. The molecule has 1 saturated carbocycles. The van der Waals surface area contributed by atoms with Crippen LogP contribution in [-0.2, 0) is 10.5 Å². The molecule has 1 spiro atoms. The van der Waals surface area contributed by atoms with E-state index < -0.39 is 6.41 Å². The largest absolute Gasteiger partial charge is 0.356 e. The Morgan fingerprint density at radius 1 is 1.19 bits per heavy atom. The van der Waals surface area contributed by atoms with Crippen molar-refractivity contribution in [1.29, 1.82) is 0 Å². The number of piperidine rings is 1. The quantitative estimate of drug-likeness (QED) is 0.721. The van der Waals surface area contributed by atoms with Gasteiger partial charge >= 0.3 is 0 Å². The molecule has 3 fully saturated rings. The number of likely N-dealkylation sites (tertiary alicyclic amines) is 2. The summed E-state index contributed by atoms with van der Waals surface area (Å²) in [6, 6.07) is 11.6. The van der Waals surface area contributed by atoms with E-state index in [4.69, 9.17) is 4.74 Å². The normalized spacial score (nSPS) is 31.3. The molecular weight excluding hydrogens is 356 g/mol. The van der Waals surface area contributed by atoms with Gasteiger partial charge in [0.25, 0.3) is 0 Å². The number of aliphatic hydroxyl groups excluding tert-OH is 1. The predicted octanol–water partition coefficient (Wildman–Crippen LogP) is 3.55. The first-order valence-corrected chi connectivity index (χ1v) is 11.7. The molecule has 27 heavy (non-hydrogen) atoms. The lowest BCUT2D eigenvalue weighted by atomic mass is 9.64. The maximum atomic E-state index is 10.1. The fraction of sp³-hybridized carbons (Fsp3) is 0.727. The monoisotopic (exact) mass is 390 g/mol. The molecule has 3 aliphatic rings. The number of hydrogen-bond acceptors (Lipinski definition) is 5. The number of benzene rings is 1. The molecule has 2 heterocycles. The Labute approximate surface area is 168 Å². The topological polar surface area (TPSA) is 35.9 Å². The SMILES string of the molecule is CCOC(O)N1CCC2(CC(N3CCC(SCc4ccccc4)CC3)C2)C1. The summed E-state index contributed by atoms with van der Waals surface area (Å²) in [6.07, 6.45) is 5.79. The van der Waals surface area contributed by atoms with E-state index in [1.54, 1.807) is 0 Å².